The van der Waals surface area contributed by atoms with Crippen LogP contribution in [0.2, 0.25) is 0 Å². The third kappa shape index (κ3) is 15.3. The second-order valence-electron chi connectivity index (χ2n) is 12.5. The number of aryl methyl sites for hydroxylation is 2. The van der Waals surface area contributed by atoms with Crippen LogP contribution >= 0.6 is 0 Å². The number of nitrogens with one attached hydrogen (secondary N) is 1. The average molecular weight is 578 g/mol. The van der Waals surface area contributed by atoms with Gasteiger partial charge in [0, 0.05) is 5.69 Å². The van der Waals surface area contributed by atoms with Crippen LogP contribution in [0.15, 0.2) is 36.4 Å². The van der Waals surface area contributed by atoms with Crippen LogP contribution in [-0.2, 0) is 12.8 Å². The smallest absolute Gasteiger partial charge is 0.410 e. The summed E-state index contributed by atoms with van der Waals surface area (Å²) in [7, 11) is 0. The molecule has 0 atom stereocenters. The zero-order valence-electron chi connectivity index (χ0n) is 27.8. The van der Waals surface area contributed by atoms with E-state index in [1.54, 1.807) is 0 Å². The molecule has 236 valence electrons. The summed E-state index contributed by atoms with van der Waals surface area (Å²) in [6.45, 7) is 8.66. The molecule has 0 unspecified atom stereocenters. The zero-order chi connectivity index (χ0) is 30.3. The van der Waals surface area contributed by atoms with Gasteiger partial charge in [-0.15, -0.1) is 0 Å². The fourth-order valence-electron chi connectivity index (χ4n) is 5.94. The van der Waals surface area contributed by atoms with Crippen LogP contribution in [0.3, 0.4) is 0 Å². The predicted octanol–water partition coefficient (Wildman–Crippen LogP) is 12.8. The molecule has 0 fully saturated rings. The number of carbonyl (C=O) groups is 1. The molecule has 0 spiro atoms. The van der Waals surface area contributed by atoms with Gasteiger partial charge in [-0.25, -0.2) is 4.79 Å². The van der Waals surface area contributed by atoms with Crippen molar-refractivity contribution < 1.29 is 9.53 Å². The van der Waals surface area contributed by atoms with Gasteiger partial charge in [0.15, 0.2) is 0 Å². The number of rotatable bonds is 24. The maximum absolute atomic E-state index is 13.0. The first-order chi connectivity index (χ1) is 20.6. The molecule has 0 bridgehead atoms. The highest BCUT2D eigenvalue weighted by Crippen LogP contribution is 2.28. The Morgan fingerprint density at radius 1 is 0.595 bits per heavy atom. The Morgan fingerprint density at radius 3 is 1.62 bits per heavy atom. The molecule has 3 heteroatoms. The zero-order valence-corrected chi connectivity index (χ0v) is 27.8. The first-order valence-corrected chi connectivity index (χ1v) is 17.7. The summed E-state index contributed by atoms with van der Waals surface area (Å²) in [5.74, 6) is 0.735. The molecule has 1 N–H and O–H groups in total. The molecule has 0 saturated carbocycles. The molecule has 42 heavy (non-hydrogen) atoms. The molecule has 0 aliphatic rings. The Labute approximate surface area is 259 Å². The van der Waals surface area contributed by atoms with E-state index < -0.39 is 6.09 Å². The summed E-state index contributed by atoms with van der Waals surface area (Å²) in [4.78, 5) is 13.0. The van der Waals surface area contributed by atoms with Gasteiger partial charge in [0.05, 0.1) is 0 Å². The van der Waals surface area contributed by atoms with Gasteiger partial charge in [-0.2, -0.15) is 0 Å². The highest BCUT2D eigenvalue weighted by Gasteiger charge is 2.14. The average Bonchev–Trinajstić information content (AvgIpc) is 2.98. The van der Waals surface area contributed by atoms with Crippen LogP contribution < -0.4 is 10.1 Å². The molecule has 0 heterocycles. The minimum Gasteiger partial charge on any atom is -0.410 e. The van der Waals surface area contributed by atoms with Crippen molar-refractivity contribution in [3.05, 3.63) is 58.7 Å². The van der Waals surface area contributed by atoms with Gasteiger partial charge in [-0.1, -0.05) is 154 Å². The van der Waals surface area contributed by atoms with Gasteiger partial charge in [0.2, 0.25) is 0 Å². The molecular formula is C39H63NO2. The number of benzene rings is 2. The third-order valence-corrected chi connectivity index (χ3v) is 8.85. The van der Waals surface area contributed by atoms with Crippen molar-refractivity contribution >= 4 is 11.8 Å². The summed E-state index contributed by atoms with van der Waals surface area (Å²) in [6.07, 6.45) is 28.4. The lowest BCUT2D eigenvalue weighted by atomic mass is 9.95. The minimum absolute atomic E-state index is 0.399. The number of amides is 1. The van der Waals surface area contributed by atoms with Gasteiger partial charge in [0.1, 0.15) is 5.75 Å². The van der Waals surface area contributed by atoms with Crippen molar-refractivity contribution in [3.63, 3.8) is 0 Å². The number of hydrogen-bond donors (Lipinski definition) is 1. The van der Waals surface area contributed by atoms with Crippen LogP contribution in [-0.4, -0.2) is 6.09 Å². The van der Waals surface area contributed by atoms with Gasteiger partial charge >= 0.3 is 6.09 Å². The van der Waals surface area contributed by atoms with Crippen LogP contribution in [0.25, 0.3) is 0 Å². The van der Waals surface area contributed by atoms with Gasteiger partial charge in [0.25, 0.3) is 0 Å². The normalized spacial score (nSPS) is 11.1. The molecule has 0 aliphatic carbocycles. The van der Waals surface area contributed by atoms with Crippen molar-refractivity contribution in [2.75, 3.05) is 5.32 Å². The lowest BCUT2D eigenvalue weighted by Crippen LogP contribution is -2.18. The molecule has 0 aromatic heterocycles. The molecule has 2 aromatic carbocycles. The van der Waals surface area contributed by atoms with Crippen molar-refractivity contribution in [1.29, 1.82) is 0 Å². The van der Waals surface area contributed by atoms with E-state index in [1.807, 2.05) is 25.1 Å². The number of ether oxygens (including phenoxy) is 1. The maximum Gasteiger partial charge on any atom is 0.417 e. The number of unbranched alkanes of at least 4 members (excludes halogenated alkanes) is 18. The van der Waals surface area contributed by atoms with E-state index in [0.717, 1.165) is 41.8 Å². The fraction of sp³-hybridized carbons (Fsp3) is 0.667. The summed E-state index contributed by atoms with van der Waals surface area (Å²) in [5, 5.41) is 2.98. The van der Waals surface area contributed by atoms with E-state index >= 15 is 0 Å². The first kappa shape index (κ1) is 35.9. The molecule has 0 saturated heterocycles. The van der Waals surface area contributed by atoms with E-state index in [-0.39, 0.29) is 0 Å². The Hall–Kier alpha value is -2.29. The van der Waals surface area contributed by atoms with Crippen LogP contribution in [0.4, 0.5) is 10.5 Å². The molecule has 2 aromatic rings. The van der Waals surface area contributed by atoms with Crippen molar-refractivity contribution in [3.8, 4) is 5.75 Å². The topological polar surface area (TPSA) is 38.3 Å². The first-order valence-electron chi connectivity index (χ1n) is 17.7. The van der Waals surface area contributed by atoms with Crippen molar-refractivity contribution in [2.24, 2.45) is 0 Å². The SMILES string of the molecule is CCCCCCCCCCCCc1cccc(OC(=O)Nc2cccc(C)c2C)c1CCCCCCCCCCCC. The van der Waals surface area contributed by atoms with Gasteiger partial charge in [-0.05, 0) is 73.9 Å². The summed E-state index contributed by atoms with van der Waals surface area (Å²) >= 11 is 0. The standard InChI is InChI=1S/C39H63NO2/c1-5-7-9-11-13-15-17-19-21-23-28-35-29-26-32-38(42-39(41)40-37-31-25-27-33(3)34(37)4)36(35)30-24-22-20-18-16-14-12-10-8-6-2/h25-27,29,31-32H,5-24,28,30H2,1-4H3,(H,40,41). The summed E-state index contributed by atoms with van der Waals surface area (Å²) in [6, 6.07) is 12.3. The van der Waals surface area contributed by atoms with E-state index in [0.29, 0.717) is 0 Å². The number of hydrogen-bond acceptors (Lipinski definition) is 2. The Balaban J connectivity index is 1.89. The molecular weight excluding hydrogens is 514 g/mol. The summed E-state index contributed by atoms with van der Waals surface area (Å²) < 4.78 is 5.98. The second-order valence-corrected chi connectivity index (χ2v) is 12.5. The van der Waals surface area contributed by atoms with Crippen LogP contribution in [0.1, 0.15) is 165 Å². The highest BCUT2D eigenvalue weighted by molar-refractivity contribution is 5.87. The van der Waals surface area contributed by atoms with E-state index in [1.165, 1.54) is 133 Å². The minimum atomic E-state index is -0.399. The van der Waals surface area contributed by atoms with Gasteiger partial charge in [-0.3, -0.25) is 5.32 Å². The van der Waals surface area contributed by atoms with Crippen LogP contribution in [0.5, 0.6) is 5.75 Å². The number of carbonyl (C=O) groups excluding carboxylic acids is 1. The van der Waals surface area contributed by atoms with E-state index in [9.17, 15) is 4.79 Å². The maximum atomic E-state index is 13.0. The highest BCUT2D eigenvalue weighted by atomic mass is 16.6. The summed E-state index contributed by atoms with van der Waals surface area (Å²) in [5.41, 5.74) is 5.66. The van der Waals surface area contributed by atoms with Crippen molar-refractivity contribution in [2.45, 2.75) is 169 Å². The van der Waals surface area contributed by atoms with Crippen LogP contribution in [0, 0.1) is 13.8 Å². The third-order valence-electron chi connectivity index (χ3n) is 8.85. The Morgan fingerprint density at radius 2 is 1.07 bits per heavy atom. The fourth-order valence-corrected chi connectivity index (χ4v) is 5.94. The van der Waals surface area contributed by atoms with E-state index in [4.69, 9.17) is 4.74 Å². The molecule has 0 aliphatic heterocycles. The van der Waals surface area contributed by atoms with E-state index in [2.05, 4.69) is 44.3 Å². The monoisotopic (exact) mass is 577 g/mol. The predicted molar refractivity (Wildman–Crippen MR) is 183 cm³/mol. The molecule has 3 nitrogen and oxygen atoms in total. The lowest BCUT2D eigenvalue weighted by molar-refractivity contribution is 0.214. The largest absolute Gasteiger partial charge is 0.417 e. The Bertz CT molecular complexity index is 982. The number of anilines is 1. The van der Waals surface area contributed by atoms with Crippen molar-refractivity contribution in [1.82, 2.24) is 0 Å². The second kappa shape index (κ2) is 23.2. The Kier molecular flexibility index (Phi) is 19.8. The quantitative estimate of drug-likeness (QED) is 0.126. The molecule has 2 rings (SSSR count). The lowest BCUT2D eigenvalue weighted by Gasteiger charge is -2.16. The molecule has 0 radical (unpaired) electrons. The molecule has 1 amide bonds. The van der Waals surface area contributed by atoms with Gasteiger partial charge < -0.3 is 4.74 Å².